The molecule has 1 fully saturated rings. The number of benzene rings is 1. The Morgan fingerprint density at radius 3 is 2.85 bits per heavy atom. The highest BCUT2D eigenvalue weighted by molar-refractivity contribution is 7.52. The number of aliphatic hydroxyl groups excluding tert-OH is 1. The van der Waals surface area contributed by atoms with Crippen LogP contribution in [0.3, 0.4) is 0 Å². The Morgan fingerprint density at radius 1 is 1.44 bits per heavy atom. The maximum atomic E-state index is 13.5. The normalized spacial score (nSPS) is 22.5. The van der Waals surface area contributed by atoms with Crippen LogP contribution in [0.2, 0.25) is 0 Å². The molecule has 1 aromatic heterocycles. The molecule has 5 atom stereocenters. The topological polar surface area (TPSA) is 164 Å². The number of aromatic nitrogens is 2. The van der Waals surface area contributed by atoms with E-state index in [1.54, 1.807) is 30.3 Å². The van der Waals surface area contributed by atoms with E-state index in [9.17, 15) is 19.3 Å². The monoisotopic (exact) mass is 494 g/mol. The lowest BCUT2D eigenvalue weighted by Gasteiger charge is -2.24. The fourth-order valence-electron chi connectivity index (χ4n) is 3.12. The molecule has 1 aromatic carbocycles. The lowest BCUT2D eigenvalue weighted by atomic mass is 10.2. The number of anilines is 1. The van der Waals surface area contributed by atoms with Crippen molar-refractivity contribution in [3.8, 4) is 5.75 Å². The summed E-state index contributed by atoms with van der Waals surface area (Å²) in [5.74, 6) is -0.395. The first-order valence-corrected chi connectivity index (χ1v) is 12.0. The second-order valence-corrected chi connectivity index (χ2v) is 9.14. The van der Waals surface area contributed by atoms with E-state index in [1.807, 2.05) is 0 Å². The van der Waals surface area contributed by atoms with Gasteiger partial charge in [-0.2, -0.15) is 10.1 Å². The highest BCUT2D eigenvalue weighted by Gasteiger charge is 2.39. The van der Waals surface area contributed by atoms with E-state index in [2.05, 4.69) is 16.7 Å². The Hall–Kier alpha value is -3.02. The second kappa shape index (κ2) is 11.4. The second-order valence-electron chi connectivity index (χ2n) is 7.44. The summed E-state index contributed by atoms with van der Waals surface area (Å²) in [6, 6.07) is 8.61. The molecule has 184 valence electrons. The Balaban J connectivity index is 1.70. The number of nitrogen functional groups attached to an aromatic ring is 1. The standard InChI is InChI=1S/C21H27N4O8P/c1-3-11-30-20(27)14(2)24-34(29,33-15-7-5-4-6-8-15)31-13-17-16(26)12-19(32-17)25-10-9-18(22)23-21(25)28/h3-10,14,16-17,19,26H,1,11-13H2,2H3,(H,24,29)(H2,22,23,28)/t14-,16+,17-,19-,34-/m0/s1. The largest absolute Gasteiger partial charge is 0.460 e. The van der Waals surface area contributed by atoms with Crippen LogP contribution in [0.15, 0.2) is 60.0 Å². The van der Waals surface area contributed by atoms with Gasteiger partial charge in [-0.05, 0) is 25.1 Å². The molecule has 0 amide bonds. The van der Waals surface area contributed by atoms with E-state index < -0.39 is 43.9 Å². The van der Waals surface area contributed by atoms with Gasteiger partial charge in [-0.15, -0.1) is 0 Å². The van der Waals surface area contributed by atoms with Crippen molar-refractivity contribution in [2.75, 3.05) is 18.9 Å². The van der Waals surface area contributed by atoms with Gasteiger partial charge in [0.1, 0.15) is 36.5 Å². The van der Waals surface area contributed by atoms with Crippen LogP contribution in [0, 0.1) is 0 Å². The van der Waals surface area contributed by atoms with Crippen molar-refractivity contribution in [1.29, 1.82) is 0 Å². The van der Waals surface area contributed by atoms with Crippen LogP contribution in [0.4, 0.5) is 5.82 Å². The third-order valence-corrected chi connectivity index (χ3v) is 6.44. The SMILES string of the molecule is C=CCOC(=O)[C@H](C)N[P@](=O)(OC[C@@H]1O[C@H](n2ccc(N)nc2=O)C[C@H]1O)Oc1ccccc1. The number of carbonyl (C=O) groups excluding carboxylic acids is 1. The van der Waals surface area contributed by atoms with Gasteiger partial charge in [0, 0.05) is 12.6 Å². The molecule has 34 heavy (non-hydrogen) atoms. The molecule has 0 unspecified atom stereocenters. The molecule has 2 aromatic rings. The first-order valence-electron chi connectivity index (χ1n) is 10.4. The number of aliphatic hydroxyl groups is 1. The van der Waals surface area contributed by atoms with E-state index in [0.717, 1.165) is 0 Å². The molecular formula is C21H27N4O8P. The van der Waals surface area contributed by atoms with Crippen molar-refractivity contribution in [3.63, 3.8) is 0 Å². The van der Waals surface area contributed by atoms with Crippen molar-refractivity contribution in [3.05, 3.63) is 65.7 Å². The van der Waals surface area contributed by atoms with Gasteiger partial charge in [0.05, 0.1) is 12.7 Å². The van der Waals surface area contributed by atoms with Crippen molar-refractivity contribution in [2.24, 2.45) is 0 Å². The summed E-state index contributed by atoms with van der Waals surface area (Å²) in [4.78, 5) is 27.8. The third kappa shape index (κ3) is 6.75. The fourth-order valence-corrected chi connectivity index (χ4v) is 4.62. The Bertz CT molecular complexity index is 1100. The summed E-state index contributed by atoms with van der Waals surface area (Å²) in [6.45, 7) is 4.53. The van der Waals surface area contributed by atoms with Crippen LogP contribution in [-0.2, 0) is 23.4 Å². The number of nitrogens with two attached hydrogens (primary N) is 1. The van der Waals surface area contributed by atoms with Gasteiger partial charge in [0.2, 0.25) is 0 Å². The summed E-state index contributed by atoms with van der Waals surface area (Å²) in [5, 5.41) is 13.0. The van der Waals surface area contributed by atoms with Gasteiger partial charge < -0.3 is 24.8 Å². The highest BCUT2D eigenvalue weighted by atomic mass is 31.2. The van der Waals surface area contributed by atoms with Gasteiger partial charge in [-0.1, -0.05) is 30.9 Å². The smallest absolute Gasteiger partial charge is 0.459 e. The van der Waals surface area contributed by atoms with Crippen LogP contribution >= 0.6 is 7.75 Å². The quantitative estimate of drug-likeness (QED) is 0.235. The molecule has 0 bridgehead atoms. The minimum atomic E-state index is -4.14. The molecule has 3 rings (SSSR count). The first-order chi connectivity index (χ1) is 16.2. The number of nitrogens with zero attached hydrogens (tertiary/aromatic N) is 2. The number of hydrogen-bond donors (Lipinski definition) is 3. The number of esters is 1. The van der Waals surface area contributed by atoms with Crippen LogP contribution in [-0.4, -0.2) is 52.1 Å². The maximum absolute atomic E-state index is 13.5. The zero-order valence-corrected chi connectivity index (χ0v) is 19.4. The molecule has 0 aliphatic carbocycles. The van der Waals surface area contributed by atoms with Crippen LogP contribution < -0.4 is 21.0 Å². The van der Waals surface area contributed by atoms with E-state index in [-0.39, 0.29) is 31.2 Å². The number of ether oxygens (including phenoxy) is 2. The Kier molecular flexibility index (Phi) is 8.59. The first kappa shape index (κ1) is 25.6. The molecule has 0 radical (unpaired) electrons. The summed E-state index contributed by atoms with van der Waals surface area (Å²) in [5.41, 5.74) is 4.87. The number of carbonyl (C=O) groups is 1. The third-order valence-electron chi connectivity index (χ3n) is 4.79. The summed E-state index contributed by atoms with van der Waals surface area (Å²) in [7, 11) is -4.14. The average molecular weight is 494 g/mol. The van der Waals surface area contributed by atoms with Crippen molar-refractivity contribution >= 4 is 19.5 Å². The summed E-state index contributed by atoms with van der Waals surface area (Å²) >= 11 is 0. The highest BCUT2D eigenvalue weighted by Crippen LogP contribution is 2.45. The average Bonchev–Trinajstić information content (AvgIpc) is 3.16. The lowest BCUT2D eigenvalue weighted by molar-refractivity contribution is -0.144. The van der Waals surface area contributed by atoms with Gasteiger partial charge in [0.15, 0.2) is 0 Å². The lowest BCUT2D eigenvalue weighted by Crippen LogP contribution is -2.36. The summed E-state index contributed by atoms with van der Waals surface area (Å²) < 4.78 is 36.4. The minimum Gasteiger partial charge on any atom is -0.460 e. The molecule has 1 aliphatic rings. The van der Waals surface area contributed by atoms with Gasteiger partial charge in [-0.25, -0.2) is 9.36 Å². The Labute approximate surface area is 195 Å². The predicted octanol–water partition coefficient (Wildman–Crippen LogP) is 1.38. The van der Waals surface area contributed by atoms with E-state index in [0.29, 0.717) is 0 Å². The van der Waals surface area contributed by atoms with Crippen molar-refractivity contribution < 1.29 is 33.0 Å². The molecule has 2 heterocycles. The molecule has 0 saturated carbocycles. The fraction of sp³-hybridized carbons (Fsp3) is 0.381. The zero-order chi connectivity index (χ0) is 24.7. The number of nitrogens with one attached hydrogen (secondary N) is 1. The van der Waals surface area contributed by atoms with Gasteiger partial charge in [0.25, 0.3) is 0 Å². The zero-order valence-electron chi connectivity index (χ0n) is 18.5. The minimum absolute atomic E-state index is 0.0155. The summed E-state index contributed by atoms with van der Waals surface area (Å²) in [6.07, 6.45) is 0.0904. The molecule has 1 aliphatic heterocycles. The molecule has 4 N–H and O–H groups in total. The van der Waals surface area contributed by atoms with E-state index in [1.165, 1.54) is 29.8 Å². The number of hydrogen-bond acceptors (Lipinski definition) is 10. The number of rotatable bonds is 11. The van der Waals surface area contributed by atoms with Crippen LogP contribution in [0.5, 0.6) is 5.75 Å². The van der Waals surface area contributed by atoms with E-state index >= 15 is 0 Å². The maximum Gasteiger partial charge on any atom is 0.459 e. The van der Waals surface area contributed by atoms with Crippen LogP contribution in [0.1, 0.15) is 19.6 Å². The van der Waals surface area contributed by atoms with Crippen molar-refractivity contribution in [1.82, 2.24) is 14.6 Å². The predicted molar refractivity (Wildman–Crippen MR) is 122 cm³/mol. The van der Waals surface area contributed by atoms with Gasteiger partial charge in [-0.3, -0.25) is 13.9 Å². The molecule has 0 spiro atoms. The Morgan fingerprint density at radius 2 is 2.18 bits per heavy atom. The van der Waals surface area contributed by atoms with Crippen molar-refractivity contribution in [2.45, 2.75) is 37.8 Å². The molecule has 1 saturated heterocycles. The van der Waals surface area contributed by atoms with E-state index in [4.69, 9.17) is 24.3 Å². The van der Waals surface area contributed by atoms with Gasteiger partial charge >= 0.3 is 19.4 Å². The number of para-hydroxylation sites is 1. The molecular weight excluding hydrogens is 467 g/mol. The molecule has 12 nitrogen and oxygen atoms in total. The van der Waals surface area contributed by atoms with Crippen LogP contribution in [0.25, 0.3) is 0 Å². The molecule has 13 heteroatoms.